The summed E-state index contributed by atoms with van der Waals surface area (Å²) in [6.45, 7) is 2.66. The Balaban J connectivity index is 1.48. The van der Waals surface area contributed by atoms with Gasteiger partial charge in [-0.2, -0.15) is 4.31 Å². The van der Waals surface area contributed by atoms with Crippen LogP contribution in [0.3, 0.4) is 0 Å². The lowest BCUT2D eigenvalue weighted by molar-refractivity contribution is -0.120. The first-order valence-electron chi connectivity index (χ1n) is 11.1. The number of carbonyl (C=O) groups excluding carboxylic acids is 3. The van der Waals surface area contributed by atoms with Gasteiger partial charge in [-0.05, 0) is 55.0 Å². The van der Waals surface area contributed by atoms with Gasteiger partial charge in [0.1, 0.15) is 9.21 Å². The Bertz CT molecular complexity index is 1180. The largest absolute Gasteiger partial charge is 0.453 e. The number of hydrogen-bond donors (Lipinski definition) is 2. The number of methoxy groups -OCH3 is 1. The minimum Gasteiger partial charge on any atom is -0.453 e. The summed E-state index contributed by atoms with van der Waals surface area (Å²) in [4.78, 5) is 38.6. The Hall–Kier alpha value is -2.28. The summed E-state index contributed by atoms with van der Waals surface area (Å²) in [5, 5.41) is 7.27. The number of alkyl carbamates (subject to hydrolysis) is 1. The van der Waals surface area contributed by atoms with Crippen molar-refractivity contribution in [2.45, 2.75) is 43.2 Å². The predicted molar refractivity (Wildman–Crippen MR) is 130 cm³/mol. The molecular weight excluding hydrogens is 498 g/mol. The highest BCUT2D eigenvalue weighted by atomic mass is 32.2. The SMILES string of the molecule is COC(=O)NC(=O)c1c(NC(=O)C2CCN(S(=O)(=O)c3cccs3)CC2)sc2c1CCC(C)C2. The molecule has 2 aliphatic rings. The summed E-state index contributed by atoms with van der Waals surface area (Å²) in [6, 6.07) is 3.28. The van der Waals surface area contributed by atoms with Crippen LogP contribution in [0.5, 0.6) is 0 Å². The molecule has 1 saturated heterocycles. The van der Waals surface area contributed by atoms with Gasteiger partial charge in [0.05, 0.1) is 12.7 Å². The van der Waals surface area contributed by atoms with E-state index in [4.69, 9.17) is 0 Å². The number of hydrogen-bond acceptors (Lipinski definition) is 8. The lowest BCUT2D eigenvalue weighted by Crippen LogP contribution is -2.41. The van der Waals surface area contributed by atoms with E-state index in [1.54, 1.807) is 17.5 Å². The number of imide groups is 1. The predicted octanol–water partition coefficient (Wildman–Crippen LogP) is 3.47. The molecule has 1 atom stereocenters. The highest BCUT2D eigenvalue weighted by Crippen LogP contribution is 2.40. The summed E-state index contributed by atoms with van der Waals surface area (Å²) < 4.78 is 31.8. The van der Waals surface area contributed by atoms with E-state index in [0.717, 1.165) is 23.3 Å². The maximum Gasteiger partial charge on any atom is 0.413 e. The number of rotatable bonds is 5. The maximum absolute atomic E-state index is 13.1. The Labute approximate surface area is 206 Å². The molecular formula is C22H27N3O6S3. The van der Waals surface area contributed by atoms with Crippen molar-refractivity contribution in [3.8, 4) is 0 Å². The van der Waals surface area contributed by atoms with Crippen LogP contribution in [-0.2, 0) is 32.4 Å². The van der Waals surface area contributed by atoms with Crippen molar-refractivity contribution in [1.29, 1.82) is 0 Å². The Kier molecular flexibility index (Phi) is 7.41. The van der Waals surface area contributed by atoms with E-state index in [-0.39, 0.29) is 24.9 Å². The van der Waals surface area contributed by atoms with Crippen LogP contribution in [0.1, 0.15) is 47.0 Å². The fraction of sp³-hybridized carbons (Fsp3) is 0.500. The van der Waals surface area contributed by atoms with Crippen LogP contribution < -0.4 is 10.6 Å². The van der Waals surface area contributed by atoms with E-state index in [0.29, 0.717) is 40.0 Å². The van der Waals surface area contributed by atoms with E-state index in [2.05, 4.69) is 22.3 Å². The molecule has 4 rings (SSSR count). The maximum atomic E-state index is 13.1. The van der Waals surface area contributed by atoms with Crippen molar-refractivity contribution in [2.24, 2.45) is 11.8 Å². The number of anilines is 1. The molecule has 2 aromatic heterocycles. The first-order valence-corrected chi connectivity index (χ1v) is 14.2. The van der Waals surface area contributed by atoms with Gasteiger partial charge in [0, 0.05) is 23.9 Å². The lowest BCUT2D eigenvalue weighted by atomic mass is 9.88. The number of carbonyl (C=O) groups is 3. The minimum absolute atomic E-state index is 0.244. The average Bonchev–Trinajstić information content (AvgIpc) is 3.47. The summed E-state index contributed by atoms with van der Waals surface area (Å²) in [5.74, 6) is -0.733. The number of sulfonamides is 1. The zero-order chi connectivity index (χ0) is 24.5. The number of nitrogens with zero attached hydrogens (tertiary/aromatic N) is 1. The van der Waals surface area contributed by atoms with Gasteiger partial charge >= 0.3 is 6.09 Å². The molecule has 34 heavy (non-hydrogen) atoms. The van der Waals surface area contributed by atoms with Crippen molar-refractivity contribution in [1.82, 2.24) is 9.62 Å². The third-order valence-corrected chi connectivity index (χ3v) is 10.7. The molecule has 9 nitrogen and oxygen atoms in total. The number of fused-ring (bicyclic) bond motifs is 1. The molecule has 0 aromatic carbocycles. The fourth-order valence-electron chi connectivity index (χ4n) is 4.40. The van der Waals surface area contributed by atoms with E-state index >= 15 is 0 Å². The van der Waals surface area contributed by atoms with Gasteiger partial charge in [-0.1, -0.05) is 13.0 Å². The van der Waals surface area contributed by atoms with Crippen LogP contribution in [0, 0.1) is 11.8 Å². The zero-order valence-corrected chi connectivity index (χ0v) is 21.4. The van der Waals surface area contributed by atoms with Crippen LogP contribution in [0.15, 0.2) is 21.7 Å². The molecule has 2 aromatic rings. The fourth-order valence-corrected chi connectivity index (χ4v) is 8.42. The highest BCUT2D eigenvalue weighted by molar-refractivity contribution is 7.91. The second kappa shape index (κ2) is 10.1. The van der Waals surface area contributed by atoms with E-state index in [1.807, 2.05) is 0 Å². The Morgan fingerprint density at radius 1 is 1.18 bits per heavy atom. The van der Waals surface area contributed by atoms with Gasteiger partial charge in [0.15, 0.2) is 0 Å². The molecule has 3 heterocycles. The van der Waals surface area contributed by atoms with Crippen LogP contribution in [-0.4, -0.2) is 50.8 Å². The number of nitrogens with one attached hydrogen (secondary N) is 2. The van der Waals surface area contributed by atoms with Crippen LogP contribution in [0.25, 0.3) is 0 Å². The molecule has 184 valence electrons. The van der Waals surface area contributed by atoms with E-state index < -0.39 is 22.0 Å². The zero-order valence-electron chi connectivity index (χ0n) is 19.0. The number of amides is 3. The van der Waals surface area contributed by atoms with Gasteiger partial charge in [-0.15, -0.1) is 22.7 Å². The number of thiophene rings is 2. The average molecular weight is 526 g/mol. The standard InChI is InChI=1S/C22H27N3O6S3/c1-13-5-6-15-16(12-13)33-21(18(15)20(27)24-22(28)31-2)23-19(26)14-7-9-25(10-8-14)34(29,30)17-4-3-11-32-17/h3-4,11,13-14H,5-10,12H2,1-2H3,(H,23,26)(H,24,27,28). The summed E-state index contributed by atoms with van der Waals surface area (Å²) >= 11 is 2.55. The molecule has 3 amide bonds. The van der Waals surface area contributed by atoms with Crippen molar-refractivity contribution in [2.75, 3.05) is 25.5 Å². The quantitative estimate of drug-likeness (QED) is 0.617. The molecule has 1 aliphatic heterocycles. The molecule has 1 unspecified atom stereocenters. The van der Waals surface area contributed by atoms with Gasteiger partial charge in [-0.3, -0.25) is 14.9 Å². The normalized spacial score (nSPS) is 19.3. The van der Waals surface area contributed by atoms with Crippen LogP contribution in [0.2, 0.25) is 0 Å². The van der Waals surface area contributed by atoms with E-state index in [1.165, 1.54) is 34.1 Å². The summed E-state index contributed by atoms with van der Waals surface area (Å²) in [5.41, 5.74) is 1.19. The third kappa shape index (κ3) is 5.04. The smallest absolute Gasteiger partial charge is 0.413 e. The molecule has 2 N–H and O–H groups in total. The number of piperidine rings is 1. The molecule has 12 heteroatoms. The summed E-state index contributed by atoms with van der Waals surface area (Å²) in [7, 11) is -2.36. The lowest BCUT2D eigenvalue weighted by Gasteiger charge is -2.30. The molecule has 1 aliphatic carbocycles. The molecule has 1 fully saturated rings. The Morgan fingerprint density at radius 3 is 2.56 bits per heavy atom. The van der Waals surface area contributed by atoms with Gasteiger partial charge in [-0.25, -0.2) is 13.2 Å². The first kappa shape index (κ1) is 24.8. The third-order valence-electron chi connectivity index (χ3n) is 6.29. The molecule has 0 bridgehead atoms. The summed E-state index contributed by atoms with van der Waals surface area (Å²) in [6.07, 6.45) is 2.36. The van der Waals surface area contributed by atoms with Crippen LogP contribution in [0.4, 0.5) is 9.80 Å². The van der Waals surface area contributed by atoms with Crippen molar-refractivity contribution >= 4 is 55.6 Å². The molecule has 0 radical (unpaired) electrons. The van der Waals surface area contributed by atoms with Crippen molar-refractivity contribution in [3.05, 3.63) is 33.5 Å². The van der Waals surface area contributed by atoms with Gasteiger partial charge in [0.2, 0.25) is 5.91 Å². The highest BCUT2D eigenvalue weighted by Gasteiger charge is 2.34. The first-order chi connectivity index (χ1) is 16.2. The monoisotopic (exact) mass is 525 g/mol. The van der Waals surface area contributed by atoms with Gasteiger partial charge < -0.3 is 10.1 Å². The van der Waals surface area contributed by atoms with Gasteiger partial charge in [0.25, 0.3) is 15.9 Å². The molecule has 0 spiro atoms. The second-order valence-electron chi connectivity index (χ2n) is 8.60. The second-order valence-corrected chi connectivity index (χ2v) is 12.8. The minimum atomic E-state index is -3.54. The topological polar surface area (TPSA) is 122 Å². The molecule has 0 saturated carbocycles. The van der Waals surface area contributed by atoms with E-state index in [9.17, 15) is 22.8 Å². The Morgan fingerprint density at radius 2 is 1.91 bits per heavy atom. The van der Waals surface area contributed by atoms with Crippen molar-refractivity contribution in [3.63, 3.8) is 0 Å². The van der Waals surface area contributed by atoms with Crippen molar-refractivity contribution < 1.29 is 27.5 Å². The van der Waals surface area contributed by atoms with Crippen LogP contribution >= 0.6 is 22.7 Å². The number of ether oxygens (including phenoxy) is 1.